The number of sulfonamides is 1. The fraction of sp³-hybridized carbons (Fsp3) is 0.778. The van der Waals surface area contributed by atoms with Gasteiger partial charge in [0.25, 0.3) is 10.0 Å². The van der Waals surface area contributed by atoms with Gasteiger partial charge in [0.2, 0.25) is 9.47 Å². The van der Waals surface area contributed by atoms with E-state index >= 15 is 0 Å². The van der Waals surface area contributed by atoms with E-state index in [-0.39, 0.29) is 14.9 Å². The Hall–Kier alpha value is -0.730. The summed E-state index contributed by atoms with van der Waals surface area (Å²) in [6, 6.07) is 0. The zero-order valence-corrected chi connectivity index (χ0v) is 11.5. The topological polar surface area (TPSA) is 89.2 Å². The minimum absolute atomic E-state index is 0.00490. The first-order chi connectivity index (χ1) is 7.81. The SMILES string of the molecule is CC1(C)CCN(S(=O)(=O)c2nnc(N)s2)CC1. The van der Waals surface area contributed by atoms with E-state index in [1.807, 2.05) is 0 Å². The number of anilines is 1. The first kappa shape index (κ1) is 12.7. The van der Waals surface area contributed by atoms with E-state index in [9.17, 15) is 8.42 Å². The number of aromatic nitrogens is 2. The third-order valence-corrected chi connectivity index (χ3v) is 6.06. The van der Waals surface area contributed by atoms with E-state index in [2.05, 4.69) is 24.0 Å². The number of hydrogen-bond donors (Lipinski definition) is 1. The summed E-state index contributed by atoms with van der Waals surface area (Å²) >= 11 is 0.914. The van der Waals surface area contributed by atoms with Gasteiger partial charge < -0.3 is 5.73 Å². The summed E-state index contributed by atoms with van der Waals surface area (Å²) in [5, 5.41) is 7.34. The molecule has 1 saturated heterocycles. The Labute approximate surface area is 105 Å². The molecule has 0 radical (unpaired) electrons. The van der Waals surface area contributed by atoms with Crippen LogP contribution in [0.5, 0.6) is 0 Å². The van der Waals surface area contributed by atoms with Crippen LogP contribution in [0.1, 0.15) is 26.7 Å². The first-order valence-corrected chi connectivity index (χ1v) is 7.66. The molecule has 17 heavy (non-hydrogen) atoms. The maximum Gasteiger partial charge on any atom is 0.272 e. The van der Waals surface area contributed by atoms with Gasteiger partial charge in [-0.3, -0.25) is 0 Å². The lowest BCUT2D eigenvalue weighted by atomic mass is 9.83. The lowest BCUT2D eigenvalue weighted by Crippen LogP contribution is -2.41. The quantitative estimate of drug-likeness (QED) is 0.868. The van der Waals surface area contributed by atoms with Crippen LogP contribution in [0.25, 0.3) is 0 Å². The highest BCUT2D eigenvalue weighted by Gasteiger charge is 2.34. The molecule has 0 aliphatic carbocycles. The highest BCUT2D eigenvalue weighted by molar-refractivity contribution is 7.91. The highest BCUT2D eigenvalue weighted by atomic mass is 32.2. The van der Waals surface area contributed by atoms with Crippen LogP contribution >= 0.6 is 11.3 Å². The van der Waals surface area contributed by atoms with Crippen LogP contribution in [0.2, 0.25) is 0 Å². The molecule has 1 aliphatic rings. The largest absolute Gasteiger partial charge is 0.374 e. The van der Waals surface area contributed by atoms with Crippen molar-refractivity contribution < 1.29 is 8.42 Å². The molecule has 1 fully saturated rings. The Morgan fingerprint density at radius 3 is 2.35 bits per heavy atom. The molecule has 8 heteroatoms. The zero-order valence-electron chi connectivity index (χ0n) is 9.88. The van der Waals surface area contributed by atoms with Crippen molar-refractivity contribution >= 4 is 26.5 Å². The molecule has 1 aromatic rings. The molecule has 2 heterocycles. The van der Waals surface area contributed by atoms with Gasteiger partial charge in [-0.2, -0.15) is 4.31 Å². The molecule has 1 aromatic heterocycles. The Kier molecular flexibility index (Phi) is 3.13. The highest BCUT2D eigenvalue weighted by Crippen LogP contribution is 2.32. The first-order valence-electron chi connectivity index (χ1n) is 5.40. The normalized spacial score (nSPS) is 21.5. The summed E-state index contributed by atoms with van der Waals surface area (Å²) < 4.78 is 25.8. The van der Waals surface area contributed by atoms with Gasteiger partial charge in [0, 0.05) is 13.1 Å². The summed E-state index contributed by atoms with van der Waals surface area (Å²) in [7, 11) is -3.49. The van der Waals surface area contributed by atoms with Crippen LogP contribution in [-0.4, -0.2) is 36.0 Å². The Morgan fingerprint density at radius 2 is 1.88 bits per heavy atom. The van der Waals surface area contributed by atoms with Gasteiger partial charge in [0.1, 0.15) is 0 Å². The average Bonchev–Trinajstić information content (AvgIpc) is 2.65. The number of rotatable bonds is 2. The van der Waals surface area contributed by atoms with E-state index in [0.717, 1.165) is 24.2 Å². The van der Waals surface area contributed by atoms with Crippen molar-refractivity contribution in [1.29, 1.82) is 0 Å². The molecule has 0 amide bonds. The van der Waals surface area contributed by atoms with E-state index in [4.69, 9.17) is 5.73 Å². The van der Waals surface area contributed by atoms with Gasteiger partial charge in [-0.15, -0.1) is 10.2 Å². The Morgan fingerprint density at radius 1 is 1.29 bits per heavy atom. The summed E-state index contributed by atoms with van der Waals surface area (Å²) in [6.07, 6.45) is 1.72. The summed E-state index contributed by atoms with van der Waals surface area (Å²) in [5.74, 6) is 0. The second-order valence-corrected chi connectivity index (χ2v) is 8.10. The van der Waals surface area contributed by atoms with Gasteiger partial charge in [-0.25, -0.2) is 8.42 Å². The molecule has 0 spiro atoms. The van der Waals surface area contributed by atoms with Crippen molar-refractivity contribution in [3.8, 4) is 0 Å². The summed E-state index contributed by atoms with van der Waals surface area (Å²) in [4.78, 5) is 0. The van der Waals surface area contributed by atoms with Crippen molar-refractivity contribution in [2.75, 3.05) is 18.8 Å². The number of hydrogen-bond acceptors (Lipinski definition) is 6. The van der Waals surface area contributed by atoms with Crippen molar-refractivity contribution in [2.24, 2.45) is 5.41 Å². The predicted octanol–water partition coefficient (Wildman–Crippen LogP) is 0.931. The van der Waals surface area contributed by atoms with Gasteiger partial charge in [-0.1, -0.05) is 25.2 Å². The lowest BCUT2D eigenvalue weighted by molar-refractivity contribution is 0.195. The molecule has 0 atom stereocenters. The van der Waals surface area contributed by atoms with E-state index < -0.39 is 10.0 Å². The van der Waals surface area contributed by atoms with Gasteiger partial charge in [0.15, 0.2) is 0 Å². The molecule has 0 aromatic carbocycles. The molecular weight excluding hydrogens is 260 g/mol. The number of piperidine rings is 1. The number of nitrogen functional groups attached to an aromatic ring is 1. The fourth-order valence-electron chi connectivity index (χ4n) is 1.77. The molecule has 1 aliphatic heterocycles. The van der Waals surface area contributed by atoms with E-state index in [1.165, 1.54) is 4.31 Å². The molecular formula is C9H16N4O2S2. The zero-order chi connectivity index (χ0) is 12.7. The third kappa shape index (κ3) is 2.58. The molecule has 2 rings (SSSR count). The smallest absolute Gasteiger partial charge is 0.272 e. The Balaban J connectivity index is 2.18. The second kappa shape index (κ2) is 4.18. The molecule has 96 valence electrons. The molecule has 2 N–H and O–H groups in total. The fourth-order valence-corrected chi connectivity index (χ4v) is 4.13. The number of nitrogens with zero attached hydrogens (tertiary/aromatic N) is 3. The standard InChI is InChI=1S/C9H16N4O2S2/c1-9(2)3-5-13(6-4-9)17(14,15)8-12-11-7(10)16-8/h3-6H2,1-2H3,(H2,10,11). The molecule has 0 bridgehead atoms. The van der Waals surface area contributed by atoms with Crippen molar-refractivity contribution in [2.45, 2.75) is 31.0 Å². The van der Waals surface area contributed by atoms with Crippen molar-refractivity contribution in [3.63, 3.8) is 0 Å². The monoisotopic (exact) mass is 276 g/mol. The average molecular weight is 276 g/mol. The van der Waals surface area contributed by atoms with Gasteiger partial charge in [-0.05, 0) is 18.3 Å². The maximum atomic E-state index is 12.2. The molecule has 6 nitrogen and oxygen atoms in total. The van der Waals surface area contributed by atoms with Gasteiger partial charge in [0.05, 0.1) is 0 Å². The van der Waals surface area contributed by atoms with Crippen LogP contribution < -0.4 is 5.73 Å². The van der Waals surface area contributed by atoms with Crippen LogP contribution in [0.3, 0.4) is 0 Å². The lowest BCUT2D eigenvalue weighted by Gasteiger charge is -2.35. The van der Waals surface area contributed by atoms with E-state index in [1.54, 1.807) is 0 Å². The van der Waals surface area contributed by atoms with Crippen LogP contribution in [0.4, 0.5) is 5.13 Å². The van der Waals surface area contributed by atoms with Crippen LogP contribution in [0, 0.1) is 5.41 Å². The molecule has 0 saturated carbocycles. The predicted molar refractivity (Wildman–Crippen MR) is 66.1 cm³/mol. The van der Waals surface area contributed by atoms with Crippen molar-refractivity contribution in [1.82, 2.24) is 14.5 Å². The molecule has 0 unspecified atom stereocenters. The maximum absolute atomic E-state index is 12.2. The number of nitrogens with two attached hydrogens (primary N) is 1. The second-order valence-electron chi connectivity index (χ2n) is 4.97. The minimum atomic E-state index is -3.49. The van der Waals surface area contributed by atoms with Crippen LogP contribution in [0.15, 0.2) is 4.34 Å². The van der Waals surface area contributed by atoms with E-state index in [0.29, 0.717) is 13.1 Å². The third-order valence-electron chi connectivity index (χ3n) is 3.06. The van der Waals surface area contributed by atoms with Crippen LogP contribution in [-0.2, 0) is 10.0 Å². The Bertz CT molecular complexity index is 499. The van der Waals surface area contributed by atoms with Crippen molar-refractivity contribution in [3.05, 3.63) is 0 Å². The summed E-state index contributed by atoms with van der Waals surface area (Å²) in [5.41, 5.74) is 5.62. The van der Waals surface area contributed by atoms with Gasteiger partial charge >= 0.3 is 0 Å². The summed E-state index contributed by atoms with van der Waals surface area (Å²) in [6.45, 7) is 5.38. The minimum Gasteiger partial charge on any atom is -0.374 e.